The minimum absolute atomic E-state index is 0.0274. The van der Waals surface area contributed by atoms with Gasteiger partial charge >= 0.3 is 5.69 Å². The van der Waals surface area contributed by atoms with Crippen LogP contribution in [-0.4, -0.2) is 40.2 Å². The van der Waals surface area contributed by atoms with E-state index in [0.29, 0.717) is 25.5 Å². The first-order valence-electron chi connectivity index (χ1n) is 9.63. The molecule has 150 valence electrons. The SMILES string of the molecule is CC1CN(c2ncnc(NCc3cccc4ccccc34)c2[N+](=O)[O-])CC(C)O1. The van der Waals surface area contributed by atoms with Gasteiger partial charge in [-0.2, -0.15) is 0 Å². The highest BCUT2D eigenvalue weighted by molar-refractivity contribution is 5.86. The lowest BCUT2D eigenvalue weighted by Gasteiger charge is -2.35. The molecule has 1 aliphatic heterocycles. The summed E-state index contributed by atoms with van der Waals surface area (Å²) in [6.45, 7) is 5.43. The molecule has 3 aromatic rings. The topological polar surface area (TPSA) is 93.4 Å². The summed E-state index contributed by atoms with van der Waals surface area (Å²) in [6.07, 6.45) is 1.32. The van der Waals surface area contributed by atoms with Gasteiger partial charge in [0.05, 0.1) is 17.1 Å². The first kappa shape index (κ1) is 19.1. The van der Waals surface area contributed by atoms with Crippen molar-refractivity contribution in [1.29, 1.82) is 0 Å². The van der Waals surface area contributed by atoms with Crippen LogP contribution < -0.4 is 10.2 Å². The van der Waals surface area contributed by atoms with Crippen molar-refractivity contribution in [2.45, 2.75) is 32.6 Å². The van der Waals surface area contributed by atoms with Crippen molar-refractivity contribution in [3.05, 3.63) is 64.5 Å². The Labute approximate surface area is 168 Å². The van der Waals surface area contributed by atoms with Gasteiger partial charge in [0.1, 0.15) is 6.33 Å². The number of nitrogens with one attached hydrogen (secondary N) is 1. The summed E-state index contributed by atoms with van der Waals surface area (Å²) >= 11 is 0. The van der Waals surface area contributed by atoms with Crippen molar-refractivity contribution in [3.8, 4) is 0 Å². The monoisotopic (exact) mass is 393 g/mol. The number of hydrogen-bond acceptors (Lipinski definition) is 7. The number of nitro groups is 1. The second-order valence-electron chi connectivity index (χ2n) is 7.31. The molecule has 2 unspecified atom stereocenters. The number of ether oxygens (including phenoxy) is 1. The van der Waals surface area contributed by atoms with Crippen molar-refractivity contribution in [3.63, 3.8) is 0 Å². The molecule has 0 aliphatic carbocycles. The molecule has 8 heteroatoms. The maximum absolute atomic E-state index is 11.9. The van der Waals surface area contributed by atoms with Crippen LogP contribution in [0.4, 0.5) is 17.3 Å². The molecule has 1 fully saturated rings. The lowest BCUT2D eigenvalue weighted by atomic mass is 10.0. The van der Waals surface area contributed by atoms with Crippen LogP contribution in [0.25, 0.3) is 10.8 Å². The molecular formula is C21H23N5O3. The second kappa shape index (κ2) is 8.00. The Balaban J connectivity index is 1.64. The van der Waals surface area contributed by atoms with Crippen LogP contribution in [0.2, 0.25) is 0 Å². The van der Waals surface area contributed by atoms with Crippen molar-refractivity contribution in [2.24, 2.45) is 0 Å². The maximum Gasteiger partial charge on any atom is 0.353 e. The number of rotatable bonds is 5. The number of fused-ring (bicyclic) bond motifs is 1. The quantitative estimate of drug-likeness (QED) is 0.521. The van der Waals surface area contributed by atoms with Crippen LogP contribution >= 0.6 is 0 Å². The largest absolute Gasteiger partial charge is 0.372 e. The zero-order chi connectivity index (χ0) is 20.4. The molecule has 8 nitrogen and oxygen atoms in total. The summed E-state index contributed by atoms with van der Waals surface area (Å²) < 4.78 is 5.74. The molecule has 1 aromatic heterocycles. The van der Waals surface area contributed by atoms with E-state index < -0.39 is 4.92 Å². The summed E-state index contributed by atoms with van der Waals surface area (Å²) in [4.78, 5) is 21.8. The van der Waals surface area contributed by atoms with Gasteiger partial charge in [-0.1, -0.05) is 42.5 Å². The highest BCUT2D eigenvalue weighted by atomic mass is 16.6. The maximum atomic E-state index is 11.9. The molecule has 2 heterocycles. The third-order valence-electron chi connectivity index (χ3n) is 5.03. The van der Waals surface area contributed by atoms with Gasteiger partial charge in [-0.05, 0) is 30.2 Å². The lowest BCUT2D eigenvalue weighted by Crippen LogP contribution is -2.46. The van der Waals surface area contributed by atoms with Gasteiger partial charge in [0.15, 0.2) is 0 Å². The second-order valence-corrected chi connectivity index (χ2v) is 7.31. The predicted molar refractivity (Wildman–Crippen MR) is 112 cm³/mol. The molecule has 0 bridgehead atoms. The minimum atomic E-state index is -0.411. The van der Waals surface area contributed by atoms with Gasteiger partial charge in [0.2, 0.25) is 11.6 Å². The smallest absolute Gasteiger partial charge is 0.353 e. The molecule has 4 rings (SSSR count). The van der Waals surface area contributed by atoms with E-state index in [1.54, 1.807) is 0 Å². The van der Waals surface area contributed by atoms with E-state index in [2.05, 4.69) is 15.3 Å². The number of morpholine rings is 1. The molecule has 0 spiro atoms. The fourth-order valence-corrected chi connectivity index (χ4v) is 3.87. The standard InChI is InChI=1S/C21H23N5O3/c1-14-11-25(12-15(2)29-14)21-19(26(27)28)20(23-13-24-21)22-10-17-8-5-7-16-6-3-4-9-18(16)17/h3-9,13-15H,10-12H2,1-2H3,(H,22,23,24). The van der Waals surface area contributed by atoms with Crippen molar-refractivity contribution in [1.82, 2.24) is 9.97 Å². The van der Waals surface area contributed by atoms with E-state index in [0.717, 1.165) is 16.3 Å². The van der Waals surface area contributed by atoms with E-state index in [9.17, 15) is 10.1 Å². The summed E-state index contributed by atoms with van der Waals surface area (Å²) in [7, 11) is 0. The van der Waals surface area contributed by atoms with Crippen LogP contribution in [0.5, 0.6) is 0 Å². The Bertz CT molecular complexity index is 1030. The molecule has 0 saturated carbocycles. The van der Waals surface area contributed by atoms with E-state index >= 15 is 0 Å². The van der Waals surface area contributed by atoms with E-state index in [-0.39, 0.29) is 23.7 Å². The van der Waals surface area contributed by atoms with Crippen molar-refractivity contribution >= 4 is 28.1 Å². The average Bonchev–Trinajstić information content (AvgIpc) is 2.71. The van der Waals surface area contributed by atoms with Gasteiger partial charge in [0.25, 0.3) is 0 Å². The third-order valence-corrected chi connectivity index (χ3v) is 5.03. The summed E-state index contributed by atoms with van der Waals surface area (Å²) in [5.74, 6) is 0.548. The molecule has 2 atom stereocenters. The molecule has 0 amide bonds. The molecule has 2 aromatic carbocycles. The Hall–Kier alpha value is -3.26. The van der Waals surface area contributed by atoms with Gasteiger partial charge in [-0.15, -0.1) is 0 Å². The zero-order valence-corrected chi connectivity index (χ0v) is 16.4. The predicted octanol–water partition coefficient (Wildman–Crippen LogP) is 3.76. The van der Waals surface area contributed by atoms with Crippen LogP contribution in [0.15, 0.2) is 48.8 Å². The Morgan fingerprint density at radius 3 is 2.62 bits per heavy atom. The summed E-state index contributed by atoms with van der Waals surface area (Å²) in [6, 6.07) is 14.1. The first-order valence-corrected chi connectivity index (χ1v) is 9.63. The summed E-state index contributed by atoms with van der Waals surface area (Å²) in [5.41, 5.74) is 0.945. The number of hydrogen-bond donors (Lipinski definition) is 1. The fraction of sp³-hybridized carbons (Fsp3) is 0.333. The van der Waals surface area contributed by atoms with E-state index in [4.69, 9.17) is 4.74 Å². The normalized spacial score (nSPS) is 19.3. The Morgan fingerprint density at radius 1 is 1.14 bits per heavy atom. The summed E-state index contributed by atoms with van der Waals surface area (Å²) in [5, 5.41) is 17.3. The van der Waals surface area contributed by atoms with Gasteiger partial charge in [0, 0.05) is 19.6 Å². The highest BCUT2D eigenvalue weighted by Gasteiger charge is 2.31. The average molecular weight is 393 g/mol. The minimum Gasteiger partial charge on any atom is -0.372 e. The van der Waals surface area contributed by atoms with Crippen molar-refractivity contribution in [2.75, 3.05) is 23.3 Å². The molecule has 1 N–H and O–H groups in total. The molecular weight excluding hydrogens is 370 g/mol. The zero-order valence-electron chi connectivity index (χ0n) is 16.4. The lowest BCUT2D eigenvalue weighted by molar-refractivity contribution is -0.383. The number of aromatic nitrogens is 2. The number of nitrogens with zero attached hydrogens (tertiary/aromatic N) is 4. The van der Waals surface area contributed by atoms with E-state index in [1.165, 1.54) is 6.33 Å². The molecule has 1 aliphatic rings. The van der Waals surface area contributed by atoms with Gasteiger partial charge < -0.3 is 15.0 Å². The Morgan fingerprint density at radius 2 is 1.86 bits per heavy atom. The van der Waals surface area contributed by atoms with Crippen molar-refractivity contribution < 1.29 is 9.66 Å². The van der Waals surface area contributed by atoms with Crippen LogP contribution in [0.1, 0.15) is 19.4 Å². The van der Waals surface area contributed by atoms with E-state index in [1.807, 2.05) is 61.2 Å². The third kappa shape index (κ3) is 3.97. The number of benzene rings is 2. The highest BCUT2D eigenvalue weighted by Crippen LogP contribution is 2.33. The van der Waals surface area contributed by atoms with Gasteiger partial charge in [-0.25, -0.2) is 9.97 Å². The van der Waals surface area contributed by atoms with Crippen LogP contribution in [0.3, 0.4) is 0 Å². The molecule has 0 radical (unpaired) electrons. The Kier molecular flexibility index (Phi) is 5.26. The number of anilines is 2. The van der Waals surface area contributed by atoms with Gasteiger partial charge in [-0.3, -0.25) is 10.1 Å². The fourth-order valence-electron chi connectivity index (χ4n) is 3.87. The molecule has 29 heavy (non-hydrogen) atoms. The molecule has 1 saturated heterocycles. The van der Waals surface area contributed by atoms with Crippen LogP contribution in [0, 0.1) is 10.1 Å². The van der Waals surface area contributed by atoms with Crippen LogP contribution in [-0.2, 0) is 11.3 Å². The first-order chi connectivity index (χ1) is 14.0.